The van der Waals surface area contributed by atoms with Crippen molar-refractivity contribution in [3.8, 4) is 0 Å². The highest BCUT2D eigenvalue weighted by molar-refractivity contribution is 6.31. The van der Waals surface area contributed by atoms with E-state index >= 15 is 0 Å². The van der Waals surface area contributed by atoms with Crippen LogP contribution in [0, 0.1) is 0 Å². The van der Waals surface area contributed by atoms with Crippen molar-refractivity contribution in [3.63, 3.8) is 0 Å². The van der Waals surface area contributed by atoms with E-state index in [1.54, 1.807) is 55.3 Å². The molecule has 1 atom stereocenters. The van der Waals surface area contributed by atoms with Crippen molar-refractivity contribution in [2.75, 3.05) is 6.61 Å². The SMILES string of the molecule is CCOC(=O)C1=C(C)N(Cc2ccc(C(=O)NCc3ccccn3)cc2)C(=O)CC1c1ccccc1Cl. The summed E-state index contributed by atoms with van der Waals surface area (Å²) in [5, 5.41) is 3.35. The number of pyridine rings is 1. The van der Waals surface area contributed by atoms with E-state index in [-0.39, 0.29) is 31.4 Å². The van der Waals surface area contributed by atoms with Crippen LogP contribution in [0.3, 0.4) is 0 Å². The molecule has 37 heavy (non-hydrogen) atoms. The Hall–Kier alpha value is -3.97. The van der Waals surface area contributed by atoms with E-state index in [0.717, 1.165) is 16.8 Å². The molecular weight excluding hydrogens is 490 g/mol. The Morgan fingerprint density at radius 1 is 1.08 bits per heavy atom. The van der Waals surface area contributed by atoms with Crippen LogP contribution in [-0.4, -0.2) is 34.3 Å². The van der Waals surface area contributed by atoms with Gasteiger partial charge in [0.25, 0.3) is 5.91 Å². The third-order valence-corrected chi connectivity index (χ3v) is 6.66. The molecule has 0 saturated heterocycles. The van der Waals surface area contributed by atoms with Gasteiger partial charge in [-0.25, -0.2) is 4.79 Å². The van der Waals surface area contributed by atoms with E-state index in [1.807, 2.05) is 36.4 Å². The Morgan fingerprint density at radius 3 is 2.49 bits per heavy atom. The average molecular weight is 518 g/mol. The van der Waals surface area contributed by atoms with Crippen molar-refractivity contribution < 1.29 is 19.1 Å². The Bertz CT molecular complexity index is 1320. The first kappa shape index (κ1) is 26.1. The van der Waals surface area contributed by atoms with Crippen LogP contribution in [0.5, 0.6) is 0 Å². The number of esters is 1. The highest BCUT2D eigenvalue weighted by Crippen LogP contribution is 2.40. The number of aromatic nitrogens is 1. The average Bonchev–Trinajstić information content (AvgIpc) is 2.90. The van der Waals surface area contributed by atoms with Crippen molar-refractivity contribution in [2.24, 2.45) is 0 Å². The van der Waals surface area contributed by atoms with Crippen molar-refractivity contribution in [3.05, 3.63) is 112 Å². The number of nitrogens with zero attached hydrogens (tertiary/aromatic N) is 2. The first-order valence-electron chi connectivity index (χ1n) is 12.1. The number of carbonyl (C=O) groups excluding carboxylic acids is 3. The summed E-state index contributed by atoms with van der Waals surface area (Å²) in [7, 11) is 0. The summed E-state index contributed by atoms with van der Waals surface area (Å²) in [5.41, 5.74) is 3.79. The largest absolute Gasteiger partial charge is 0.463 e. The molecule has 2 amide bonds. The lowest BCUT2D eigenvalue weighted by atomic mass is 9.83. The van der Waals surface area contributed by atoms with Crippen LogP contribution in [0.25, 0.3) is 0 Å². The van der Waals surface area contributed by atoms with Crippen molar-refractivity contribution in [1.29, 1.82) is 0 Å². The Labute approximate surface area is 221 Å². The molecule has 0 aliphatic carbocycles. The van der Waals surface area contributed by atoms with E-state index in [2.05, 4.69) is 10.3 Å². The Morgan fingerprint density at radius 2 is 1.81 bits per heavy atom. The number of hydrogen-bond donors (Lipinski definition) is 1. The third-order valence-electron chi connectivity index (χ3n) is 6.31. The molecule has 1 unspecified atom stereocenters. The van der Waals surface area contributed by atoms with Gasteiger partial charge in [0.05, 0.1) is 31.0 Å². The van der Waals surface area contributed by atoms with E-state index < -0.39 is 11.9 Å². The molecule has 1 aromatic heterocycles. The fraction of sp³-hybridized carbons (Fsp3) is 0.241. The van der Waals surface area contributed by atoms with Gasteiger partial charge < -0.3 is 15.0 Å². The maximum absolute atomic E-state index is 13.3. The summed E-state index contributed by atoms with van der Waals surface area (Å²) in [6.45, 7) is 4.32. The minimum absolute atomic E-state index is 0.100. The lowest BCUT2D eigenvalue weighted by Crippen LogP contribution is -2.38. The fourth-order valence-electron chi connectivity index (χ4n) is 4.42. The predicted molar refractivity (Wildman–Crippen MR) is 141 cm³/mol. The standard InChI is InChI=1S/C29H28ClN3O4/c1-3-37-29(36)27-19(2)33(26(34)16-24(27)23-9-4-5-10-25(23)30)18-20-11-13-21(14-12-20)28(35)32-17-22-8-6-7-15-31-22/h4-15,24H,3,16-18H2,1-2H3,(H,32,35). The number of rotatable bonds is 8. The third kappa shape index (κ3) is 6.06. The zero-order valence-electron chi connectivity index (χ0n) is 20.7. The minimum Gasteiger partial charge on any atom is -0.463 e. The van der Waals surface area contributed by atoms with Crippen molar-refractivity contribution in [2.45, 2.75) is 39.3 Å². The lowest BCUT2D eigenvalue weighted by Gasteiger charge is -2.34. The van der Waals surface area contributed by atoms with Crippen LogP contribution < -0.4 is 5.32 Å². The van der Waals surface area contributed by atoms with Gasteiger partial charge in [-0.05, 0) is 55.3 Å². The van der Waals surface area contributed by atoms with E-state index in [0.29, 0.717) is 28.4 Å². The summed E-state index contributed by atoms with van der Waals surface area (Å²) >= 11 is 6.43. The van der Waals surface area contributed by atoms with Gasteiger partial charge in [0.1, 0.15) is 0 Å². The van der Waals surface area contributed by atoms with Gasteiger partial charge in [0.2, 0.25) is 5.91 Å². The number of amides is 2. The molecule has 4 rings (SSSR count). The van der Waals surface area contributed by atoms with E-state index in [4.69, 9.17) is 16.3 Å². The van der Waals surface area contributed by atoms with E-state index in [9.17, 15) is 14.4 Å². The van der Waals surface area contributed by atoms with E-state index in [1.165, 1.54) is 0 Å². The smallest absolute Gasteiger partial charge is 0.336 e. The molecule has 1 N–H and O–H groups in total. The fourth-order valence-corrected chi connectivity index (χ4v) is 4.69. The molecule has 0 radical (unpaired) electrons. The second kappa shape index (κ2) is 11.8. The van der Waals surface area contributed by atoms with Gasteiger partial charge in [0.15, 0.2) is 0 Å². The maximum atomic E-state index is 13.3. The summed E-state index contributed by atoms with van der Waals surface area (Å²) in [6.07, 6.45) is 1.78. The molecule has 0 bridgehead atoms. The number of halogens is 1. The minimum atomic E-state index is -0.485. The zero-order chi connectivity index (χ0) is 26.4. The number of carbonyl (C=O) groups is 3. The number of nitrogens with one attached hydrogen (secondary N) is 1. The molecule has 2 heterocycles. The first-order chi connectivity index (χ1) is 17.9. The number of hydrogen-bond acceptors (Lipinski definition) is 5. The van der Waals surface area contributed by atoms with Gasteiger partial charge in [-0.2, -0.15) is 0 Å². The number of ether oxygens (including phenoxy) is 1. The monoisotopic (exact) mass is 517 g/mol. The summed E-state index contributed by atoms with van der Waals surface area (Å²) in [5.74, 6) is -1.27. The highest BCUT2D eigenvalue weighted by Gasteiger charge is 2.37. The molecule has 190 valence electrons. The molecule has 2 aromatic carbocycles. The van der Waals surface area contributed by atoms with Crippen LogP contribution >= 0.6 is 11.6 Å². The van der Waals surface area contributed by atoms with Gasteiger partial charge in [-0.1, -0.05) is 48.0 Å². The molecule has 0 spiro atoms. The summed E-state index contributed by atoms with van der Waals surface area (Å²) in [4.78, 5) is 44.6. The maximum Gasteiger partial charge on any atom is 0.336 e. The molecule has 8 heteroatoms. The van der Waals surface area contributed by atoms with Crippen LogP contribution in [0.4, 0.5) is 0 Å². The second-order valence-corrected chi connectivity index (χ2v) is 9.09. The predicted octanol–water partition coefficient (Wildman–Crippen LogP) is 5.02. The number of benzene rings is 2. The molecule has 0 saturated carbocycles. The quantitative estimate of drug-likeness (QED) is 0.424. The van der Waals surface area contributed by atoms with Crippen LogP contribution in [0.2, 0.25) is 5.02 Å². The summed E-state index contributed by atoms with van der Waals surface area (Å²) in [6, 6.07) is 19.8. The first-order valence-corrected chi connectivity index (χ1v) is 12.5. The Kier molecular flexibility index (Phi) is 8.36. The topological polar surface area (TPSA) is 88.6 Å². The lowest BCUT2D eigenvalue weighted by molar-refractivity contribution is -0.140. The van der Waals surface area contributed by atoms with Gasteiger partial charge in [0, 0.05) is 34.8 Å². The Balaban J connectivity index is 1.53. The zero-order valence-corrected chi connectivity index (χ0v) is 21.5. The van der Waals surface area contributed by atoms with Crippen molar-refractivity contribution in [1.82, 2.24) is 15.2 Å². The van der Waals surface area contributed by atoms with Gasteiger partial charge in [-0.3, -0.25) is 14.6 Å². The van der Waals surface area contributed by atoms with Crippen molar-refractivity contribution >= 4 is 29.4 Å². The molecule has 3 aromatic rings. The normalized spacial score (nSPS) is 15.5. The molecule has 1 aliphatic rings. The number of allylic oxidation sites excluding steroid dienone is 1. The van der Waals surface area contributed by atoms with Crippen LogP contribution in [0.15, 0.2) is 84.2 Å². The second-order valence-electron chi connectivity index (χ2n) is 8.68. The van der Waals surface area contributed by atoms with Crippen LogP contribution in [0.1, 0.15) is 53.4 Å². The van der Waals surface area contributed by atoms with Gasteiger partial charge in [-0.15, -0.1) is 0 Å². The molecular formula is C29H28ClN3O4. The van der Waals surface area contributed by atoms with Gasteiger partial charge >= 0.3 is 5.97 Å². The molecule has 1 aliphatic heterocycles. The molecule has 7 nitrogen and oxygen atoms in total. The molecule has 0 fully saturated rings. The van der Waals surface area contributed by atoms with Crippen LogP contribution in [-0.2, 0) is 27.4 Å². The highest BCUT2D eigenvalue weighted by atomic mass is 35.5. The summed E-state index contributed by atoms with van der Waals surface area (Å²) < 4.78 is 5.35.